The van der Waals surface area contributed by atoms with Gasteiger partial charge in [0.25, 0.3) is 0 Å². The molecule has 3 rings (SSSR count). The summed E-state index contributed by atoms with van der Waals surface area (Å²) in [6.07, 6.45) is 2.47. The van der Waals surface area contributed by atoms with Crippen LogP contribution in [-0.4, -0.2) is 55.8 Å². The van der Waals surface area contributed by atoms with Crippen LogP contribution in [0, 0.1) is 11.8 Å². The largest absolute Gasteiger partial charge is 0.480 e. The molecule has 29 heavy (non-hydrogen) atoms. The maximum Gasteiger partial charge on any atom is 0.326 e. The lowest BCUT2D eigenvalue weighted by Gasteiger charge is -2.27. The summed E-state index contributed by atoms with van der Waals surface area (Å²) in [6.45, 7) is 3.90. The van der Waals surface area contributed by atoms with Crippen molar-refractivity contribution in [3.63, 3.8) is 0 Å². The van der Waals surface area contributed by atoms with Gasteiger partial charge >= 0.3 is 5.97 Å². The highest BCUT2D eigenvalue weighted by atomic mass is 32.2. The van der Waals surface area contributed by atoms with Crippen LogP contribution in [-0.2, 0) is 20.8 Å². The van der Waals surface area contributed by atoms with E-state index in [-0.39, 0.29) is 27.6 Å². The third-order valence-corrected chi connectivity index (χ3v) is 9.36. The summed E-state index contributed by atoms with van der Waals surface area (Å²) in [7, 11) is 0. The first kappa shape index (κ1) is 22.2. The van der Waals surface area contributed by atoms with Gasteiger partial charge in [-0.25, -0.2) is 4.79 Å². The Labute approximate surface area is 181 Å². The van der Waals surface area contributed by atoms with Crippen LogP contribution in [0.4, 0.5) is 0 Å². The van der Waals surface area contributed by atoms with E-state index >= 15 is 0 Å². The van der Waals surface area contributed by atoms with E-state index in [2.05, 4.69) is 0 Å². The molecule has 1 spiro atoms. The fourth-order valence-electron chi connectivity index (χ4n) is 4.28. The SMILES string of the molecule is CC(=O)[C@H](CCc1ccccc1)C[C@@H](C)C(=O)N1CC2(C[C@H]1C(=O)O)SCCS2. The molecule has 2 aliphatic rings. The predicted octanol–water partition coefficient (Wildman–Crippen LogP) is 3.71. The number of benzene rings is 1. The number of aliphatic carboxylic acids is 1. The highest BCUT2D eigenvalue weighted by Crippen LogP contribution is 2.52. The standard InChI is InChI=1S/C22H29NO4S2/c1-15(12-18(16(2)24)9-8-17-6-4-3-5-7-17)20(25)23-14-22(28-10-11-29-22)13-19(23)21(26)27/h3-7,15,18-19H,8-14H2,1-2H3,(H,26,27)/t15-,18-,19+/m1/s1. The van der Waals surface area contributed by atoms with Gasteiger partial charge in [0, 0.05) is 36.3 Å². The Balaban J connectivity index is 1.64. The second-order valence-electron chi connectivity index (χ2n) is 8.10. The zero-order valence-electron chi connectivity index (χ0n) is 17.0. The summed E-state index contributed by atoms with van der Waals surface area (Å²) >= 11 is 3.57. The number of amides is 1. The minimum atomic E-state index is -0.928. The molecule has 1 aromatic carbocycles. The number of carboxylic acid groups (broad SMARTS) is 1. The summed E-state index contributed by atoms with van der Waals surface area (Å²) in [6, 6.07) is 9.27. The lowest BCUT2D eigenvalue weighted by atomic mass is 9.87. The molecule has 2 aliphatic heterocycles. The van der Waals surface area contributed by atoms with E-state index in [4.69, 9.17) is 0 Å². The molecule has 0 bridgehead atoms. The summed E-state index contributed by atoms with van der Waals surface area (Å²) < 4.78 is -0.175. The number of rotatable bonds is 8. The monoisotopic (exact) mass is 435 g/mol. The fraction of sp³-hybridized carbons (Fsp3) is 0.591. The van der Waals surface area contributed by atoms with Crippen molar-refractivity contribution in [2.75, 3.05) is 18.1 Å². The van der Waals surface area contributed by atoms with Gasteiger partial charge in [-0.2, -0.15) is 0 Å². The van der Waals surface area contributed by atoms with Crippen LogP contribution in [0.25, 0.3) is 0 Å². The van der Waals surface area contributed by atoms with Crippen LogP contribution in [0.3, 0.4) is 0 Å². The van der Waals surface area contributed by atoms with Gasteiger partial charge in [-0.3, -0.25) is 9.59 Å². The Bertz CT molecular complexity index is 748. The molecule has 2 saturated heterocycles. The highest BCUT2D eigenvalue weighted by Gasteiger charge is 2.51. The van der Waals surface area contributed by atoms with Crippen molar-refractivity contribution in [3.05, 3.63) is 35.9 Å². The number of likely N-dealkylation sites (tertiary alicyclic amines) is 1. The third-order valence-electron chi connectivity index (χ3n) is 5.93. The number of Topliss-reactive ketones (excluding diaryl/α,β-unsaturated/α-hetero) is 1. The Hall–Kier alpha value is -1.47. The minimum Gasteiger partial charge on any atom is -0.480 e. The van der Waals surface area contributed by atoms with Gasteiger partial charge < -0.3 is 10.0 Å². The normalized spacial score (nSPS) is 22.6. The molecule has 5 nitrogen and oxygen atoms in total. The van der Waals surface area contributed by atoms with Crippen molar-refractivity contribution in [1.29, 1.82) is 0 Å². The molecular weight excluding hydrogens is 406 g/mol. The van der Waals surface area contributed by atoms with E-state index in [1.54, 1.807) is 35.3 Å². The number of hydrogen-bond acceptors (Lipinski definition) is 5. The first-order valence-corrected chi connectivity index (χ1v) is 12.1. The van der Waals surface area contributed by atoms with Crippen molar-refractivity contribution in [1.82, 2.24) is 4.90 Å². The van der Waals surface area contributed by atoms with Crippen LogP contribution in [0.15, 0.2) is 30.3 Å². The second kappa shape index (κ2) is 9.56. The number of carbonyl (C=O) groups is 3. The zero-order valence-corrected chi connectivity index (χ0v) is 18.6. The molecule has 1 aromatic rings. The van der Waals surface area contributed by atoms with Crippen LogP contribution in [0.2, 0.25) is 0 Å². The number of hydrogen-bond donors (Lipinski definition) is 1. The number of nitrogens with zero attached hydrogens (tertiary/aromatic N) is 1. The minimum absolute atomic E-state index is 0.0927. The lowest BCUT2D eigenvalue weighted by Crippen LogP contribution is -2.43. The van der Waals surface area contributed by atoms with Gasteiger partial charge in [-0.1, -0.05) is 37.3 Å². The Morgan fingerprint density at radius 1 is 1.21 bits per heavy atom. The summed E-state index contributed by atoms with van der Waals surface area (Å²) in [5, 5.41) is 9.67. The van der Waals surface area contributed by atoms with Crippen LogP contribution in [0.5, 0.6) is 0 Å². The van der Waals surface area contributed by atoms with E-state index in [9.17, 15) is 19.5 Å². The molecule has 2 heterocycles. The molecule has 158 valence electrons. The van der Waals surface area contributed by atoms with Gasteiger partial charge in [0.2, 0.25) is 5.91 Å². The number of carbonyl (C=O) groups excluding carboxylic acids is 2. The van der Waals surface area contributed by atoms with E-state index < -0.39 is 12.0 Å². The molecule has 0 aromatic heterocycles. The summed E-state index contributed by atoms with van der Waals surface area (Å²) in [5.74, 6) is 0.476. The van der Waals surface area contributed by atoms with E-state index in [0.717, 1.165) is 17.9 Å². The molecular formula is C22H29NO4S2. The second-order valence-corrected chi connectivity index (χ2v) is 11.3. The predicted molar refractivity (Wildman–Crippen MR) is 118 cm³/mol. The maximum atomic E-state index is 13.2. The molecule has 0 saturated carbocycles. The number of ketones is 1. The van der Waals surface area contributed by atoms with Crippen molar-refractivity contribution in [2.24, 2.45) is 11.8 Å². The van der Waals surface area contributed by atoms with E-state index in [0.29, 0.717) is 25.8 Å². The molecule has 3 atom stereocenters. The topological polar surface area (TPSA) is 74.7 Å². The van der Waals surface area contributed by atoms with E-state index in [1.165, 1.54) is 5.56 Å². The summed E-state index contributed by atoms with van der Waals surface area (Å²) in [4.78, 5) is 38.7. The fourth-order valence-corrected chi connectivity index (χ4v) is 7.54. The smallest absolute Gasteiger partial charge is 0.326 e. The Morgan fingerprint density at radius 2 is 1.86 bits per heavy atom. The van der Waals surface area contributed by atoms with Crippen LogP contribution in [0.1, 0.15) is 38.7 Å². The molecule has 7 heteroatoms. The molecule has 0 aliphatic carbocycles. The van der Waals surface area contributed by atoms with Crippen molar-refractivity contribution >= 4 is 41.2 Å². The van der Waals surface area contributed by atoms with Gasteiger partial charge in [0.05, 0.1) is 4.08 Å². The highest BCUT2D eigenvalue weighted by molar-refractivity contribution is 8.21. The van der Waals surface area contributed by atoms with Gasteiger partial charge in [0.1, 0.15) is 11.8 Å². The quantitative estimate of drug-likeness (QED) is 0.671. The van der Waals surface area contributed by atoms with E-state index in [1.807, 2.05) is 37.3 Å². The maximum absolute atomic E-state index is 13.2. The molecule has 0 unspecified atom stereocenters. The Kier molecular flexibility index (Phi) is 7.32. The first-order chi connectivity index (χ1) is 13.8. The van der Waals surface area contributed by atoms with Crippen molar-refractivity contribution in [2.45, 2.75) is 49.7 Å². The van der Waals surface area contributed by atoms with Crippen LogP contribution < -0.4 is 0 Å². The molecule has 1 amide bonds. The zero-order chi connectivity index (χ0) is 21.0. The summed E-state index contributed by atoms with van der Waals surface area (Å²) in [5.41, 5.74) is 1.18. The average molecular weight is 436 g/mol. The molecule has 0 radical (unpaired) electrons. The van der Waals surface area contributed by atoms with Crippen molar-refractivity contribution < 1.29 is 19.5 Å². The van der Waals surface area contributed by atoms with Gasteiger partial charge in [-0.15, -0.1) is 23.5 Å². The average Bonchev–Trinajstić information content (AvgIpc) is 3.32. The van der Waals surface area contributed by atoms with Gasteiger partial charge in [-0.05, 0) is 31.7 Å². The lowest BCUT2D eigenvalue weighted by molar-refractivity contribution is -0.150. The first-order valence-electron chi connectivity index (χ1n) is 10.2. The number of thioether (sulfide) groups is 2. The van der Waals surface area contributed by atoms with Gasteiger partial charge in [0.15, 0.2) is 0 Å². The van der Waals surface area contributed by atoms with Crippen molar-refractivity contribution in [3.8, 4) is 0 Å². The number of aryl methyl sites for hydroxylation is 1. The Morgan fingerprint density at radius 3 is 2.45 bits per heavy atom. The number of carboxylic acids is 1. The van der Waals surface area contributed by atoms with Crippen LogP contribution >= 0.6 is 23.5 Å². The molecule has 2 fully saturated rings. The third kappa shape index (κ3) is 5.37. The molecule has 1 N–H and O–H groups in total.